The SMILES string of the molecule is O=CC(C[C@@H]1CCNC1=O)NC(=O)[C@H](Cc1ccccc1)NC(=O)c1c[nH]c2ccc(Cl)cc12. The van der Waals surface area contributed by atoms with Crippen LogP contribution in [0.1, 0.15) is 28.8 Å². The average molecular weight is 481 g/mol. The van der Waals surface area contributed by atoms with Crippen LogP contribution in [0.25, 0.3) is 10.9 Å². The summed E-state index contributed by atoms with van der Waals surface area (Å²) in [6, 6.07) is 12.7. The molecule has 1 fully saturated rings. The zero-order valence-corrected chi connectivity index (χ0v) is 19.1. The monoisotopic (exact) mass is 480 g/mol. The Bertz CT molecular complexity index is 1210. The van der Waals surface area contributed by atoms with Gasteiger partial charge in [-0.05, 0) is 36.6 Å². The Labute approximate surface area is 201 Å². The van der Waals surface area contributed by atoms with E-state index in [1.807, 2.05) is 30.3 Å². The van der Waals surface area contributed by atoms with Crippen molar-refractivity contribution in [1.29, 1.82) is 0 Å². The Morgan fingerprint density at radius 3 is 2.65 bits per heavy atom. The number of hydrogen-bond acceptors (Lipinski definition) is 4. The van der Waals surface area contributed by atoms with Crippen molar-refractivity contribution in [2.45, 2.75) is 31.3 Å². The van der Waals surface area contributed by atoms with Gasteiger partial charge >= 0.3 is 0 Å². The Hall–Kier alpha value is -3.65. The van der Waals surface area contributed by atoms with Crippen LogP contribution in [0.15, 0.2) is 54.7 Å². The molecule has 1 unspecified atom stereocenters. The number of aldehydes is 1. The van der Waals surface area contributed by atoms with Gasteiger partial charge in [0, 0.05) is 41.0 Å². The van der Waals surface area contributed by atoms with E-state index in [9.17, 15) is 19.2 Å². The van der Waals surface area contributed by atoms with Crippen LogP contribution >= 0.6 is 11.6 Å². The number of nitrogens with one attached hydrogen (secondary N) is 4. The molecule has 0 saturated carbocycles. The van der Waals surface area contributed by atoms with Crippen LogP contribution in [0.4, 0.5) is 0 Å². The zero-order chi connectivity index (χ0) is 24.1. The largest absolute Gasteiger partial charge is 0.360 e. The molecule has 176 valence electrons. The lowest BCUT2D eigenvalue weighted by Crippen LogP contribution is -2.51. The van der Waals surface area contributed by atoms with Crippen molar-refractivity contribution in [1.82, 2.24) is 20.9 Å². The summed E-state index contributed by atoms with van der Waals surface area (Å²) < 4.78 is 0. The van der Waals surface area contributed by atoms with Gasteiger partial charge in [-0.3, -0.25) is 14.4 Å². The van der Waals surface area contributed by atoms with Crippen molar-refractivity contribution in [3.63, 3.8) is 0 Å². The van der Waals surface area contributed by atoms with Gasteiger partial charge < -0.3 is 25.7 Å². The van der Waals surface area contributed by atoms with E-state index in [2.05, 4.69) is 20.9 Å². The van der Waals surface area contributed by atoms with Crippen molar-refractivity contribution >= 4 is 46.5 Å². The highest BCUT2D eigenvalue weighted by Gasteiger charge is 2.30. The van der Waals surface area contributed by atoms with E-state index in [-0.39, 0.29) is 24.7 Å². The lowest BCUT2D eigenvalue weighted by atomic mass is 9.98. The second-order valence-electron chi connectivity index (χ2n) is 8.37. The van der Waals surface area contributed by atoms with Gasteiger partial charge in [0.05, 0.1) is 11.6 Å². The van der Waals surface area contributed by atoms with Crippen LogP contribution < -0.4 is 16.0 Å². The van der Waals surface area contributed by atoms with Gasteiger partial charge in [0.15, 0.2) is 0 Å². The maximum Gasteiger partial charge on any atom is 0.254 e. The van der Waals surface area contributed by atoms with E-state index in [1.165, 1.54) is 0 Å². The Morgan fingerprint density at radius 1 is 1.15 bits per heavy atom. The van der Waals surface area contributed by atoms with Crippen LogP contribution in [-0.2, 0) is 20.8 Å². The van der Waals surface area contributed by atoms with Gasteiger partial charge in [0.25, 0.3) is 5.91 Å². The fraction of sp³-hybridized carbons (Fsp3) is 0.280. The van der Waals surface area contributed by atoms with E-state index in [0.717, 1.165) is 11.1 Å². The minimum Gasteiger partial charge on any atom is -0.360 e. The van der Waals surface area contributed by atoms with Gasteiger partial charge in [-0.15, -0.1) is 0 Å². The highest BCUT2D eigenvalue weighted by Crippen LogP contribution is 2.22. The Kier molecular flexibility index (Phi) is 7.27. The molecule has 4 rings (SSSR count). The summed E-state index contributed by atoms with van der Waals surface area (Å²) in [5.74, 6) is -1.38. The van der Waals surface area contributed by atoms with Crippen molar-refractivity contribution in [2.75, 3.05) is 6.54 Å². The van der Waals surface area contributed by atoms with Gasteiger partial charge in [-0.1, -0.05) is 41.9 Å². The predicted octanol–water partition coefficient (Wildman–Crippen LogP) is 2.37. The number of halogens is 1. The first-order valence-electron chi connectivity index (χ1n) is 11.1. The molecule has 1 saturated heterocycles. The molecule has 3 amide bonds. The lowest BCUT2D eigenvalue weighted by molar-refractivity contribution is -0.127. The Balaban J connectivity index is 1.52. The molecule has 34 heavy (non-hydrogen) atoms. The van der Waals surface area contributed by atoms with Gasteiger partial charge in [-0.2, -0.15) is 0 Å². The number of fused-ring (bicyclic) bond motifs is 1. The molecule has 0 bridgehead atoms. The van der Waals surface area contributed by atoms with Gasteiger partial charge in [0.2, 0.25) is 11.8 Å². The van der Waals surface area contributed by atoms with E-state index in [1.54, 1.807) is 24.4 Å². The summed E-state index contributed by atoms with van der Waals surface area (Å²) in [4.78, 5) is 52.9. The molecule has 0 aliphatic carbocycles. The molecule has 0 spiro atoms. The second-order valence-corrected chi connectivity index (χ2v) is 8.81. The normalized spacial score (nSPS) is 17.1. The Morgan fingerprint density at radius 2 is 1.94 bits per heavy atom. The van der Waals surface area contributed by atoms with Crippen LogP contribution in [-0.4, -0.2) is 47.6 Å². The number of carbonyl (C=O) groups is 4. The van der Waals surface area contributed by atoms with Crippen molar-refractivity contribution in [2.24, 2.45) is 5.92 Å². The molecule has 1 aliphatic rings. The lowest BCUT2D eigenvalue weighted by Gasteiger charge is -2.22. The highest BCUT2D eigenvalue weighted by molar-refractivity contribution is 6.31. The highest BCUT2D eigenvalue weighted by atomic mass is 35.5. The van der Waals surface area contributed by atoms with Crippen LogP contribution in [0.2, 0.25) is 5.02 Å². The fourth-order valence-electron chi connectivity index (χ4n) is 4.18. The molecule has 0 radical (unpaired) electrons. The molecule has 4 N–H and O–H groups in total. The third-order valence-corrected chi connectivity index (χ3v) is 6.22. The first kappa shape index (κ1) is 23.5. The third-order valence-electron chi connectivity index (χ3n) is 5.99. The summed E-state index contributed by atoms with van der Waals surface area (Å²) in [5, 5.41) is 9.36. The summed E-state index contributed by atoms with van der Waals surface area (Å²) in [6.45, 7) is 0.560. The number of benzene rings is 2. The van der Waals surface area contributed by atoms with E-state index >= 15 is 0 Å². The predicted molar refractivity (Wildman–Crippen MR) is 128 cm³/mol. The second kappa shape index (κ2) is 10.5. The maximum absolute atomic E-state index is 13.2. The van der Waals surface area contributed by atoms with Crippen LogP contribution in [0.5, 0.6) is 0 Å². The van der Waals surface area contributed by atoms with Crippen LogP contribution in [0, 0.1) is 5.92 Å². The van der Waals surface area contributed by atoms with Crippen molar-refractivity contribution in [3.8, 4) is 0 Å². The minimum atomic E-state index is -0.932. The molecule has 2 heterocycles. The van der Waals surface area contributed by atoms with E-state index in [4.69, 9.17) is 11.6 Å². The van der Waals surface area contributed by atoms with Gasteiger partial charge in [-0.25, -0.2) is 0 Å². The van der Waals surface area contributed by atoms with Crippen molar-refractivity contribution < 1.29 is 19.2 Å². The molecule has 9 heteroatoms. The maximum atomic E-state index is 13.2. The first-order chi connectivity index (χ1) is 16.4. The van der Waals surface area contributed by atoms with Crippen molar-refractivity contribution in [3.05, 3.63) is 70.9 Å². The van der Waals surface area contributed by atoms with Crippen LogP contribution in [0.3, 0.4) is 0 Å². The summed E-state index contributed by atoms with van der Waals surface area (Å²) in [7, 11) is 0. The number of amides is 3. The molecule has 2 aromatic carbocycles. The molecule has 3 atom stereocenters. The van der Waals surface area contributed by atoms with E-state index < -0.39 is 23.9 Å². The first-order valence-corrected chi connectivity index (χ1v) is 11.5. The van der Waals surface area contributed by atoms with Gasteiger partial charge in [0.1, 0.15) is 12.3 Å². The molecular weight excluding hydrogens is 456 g/mol. The number of H-pyrrole nitrogens is 1. The zero-order valence-electron chi connectivity index (χ0n) is 18.3. The summed E-state index contributed by atoms with van der Waals surface area (Å²) in [6.07, 6.45) is 3.27. The number of aromatic amines is 1. The summed E-state index contributed by atoms with van der Waals surface area (Å²) in [5.41, 5.74) is 1.95. The average Bonchev–Trinajstić information content (AvgIpc) is 3.44. The topological polar surface area (TPSA) is 120 Å². The number of rotatable bonds is 9. The quantitative estimate of drug-likeness (QED) is 0.351. The molecule has 1 aliphatic heterocycles. The molecule has 3 aromatic rings. The minimum absolute atomic E-state index is 0.117. The standard InChI is InChI=1S/C25H25ClN4O4/c26-17-6-7-21-19(12-17)20(13-28-21)24(33)30-22(10-15-4-2-1-3-5-15)25(34)29-18(14-31)11-16-8-9-27-23(16)32/h1-7,12-14,16,18,22,28H,8-11H2,(H,27,32)(H,29,34)(H,30,33)/t16-,18?,22-/m0/s1. The number of carbonyl (C=O) groups excluding carboxylic acids is 4. The fourth-order valence-corrected chi connectivity index (χ4v) is 4.36. The smallest absolute Gasteiger partial charge is 0.254 e. The molecule has 8 nitrogen and oxygen atoms in total. The third kappa shape index (κ3) is 5.46. The summed E-state index contributed by atoms with van der Waals surface area (Å²) >= 11 is 6.10. The molecule has 1 aromatic heterocycles. The van der Waals surface area contributed by atoms with E-state index in [0.29, 0.717) is 35.2 Å². The number of aromatic nitrogens is 1. The molecular formula is C25H25ClN4O4. The number of hydrogen-bond donors (Lipinski definition) is 4.